The van der Waals surface area contributed by atoms with E-state index < -0.39 is 0 Å². The minimum Gasteiger partial charge on any atom is -0.369 e. The van der Waals surface area contributed by atoms with Crippen LogP contribution in [0.25, 0.3) is 0 Å². The molecule has 0 atom stereocenters. The second-order valence-corrected chi connectivity index (χ2v) is 6.29. The van der Waals surface area contributed by atoms with E-state index in [0.717, 1.165) is 25.2 Å². The number of hydrogen-bond acceptors (Lipinski definition) is 3. The molecule has 0 radical (unpaired) electrons. The van der Waals surface area contributed by atoms with Crippen LogP contribution >= 0.6 is 0 Å². The summed E-state index contributed by atoms with van der Waals surface area (Å²) in [5, 5.41) is 3.30. The number of aromatic nitrogens is 2. The molecule has 4 heteroatoms. The first-order valence-electron chi connectivity index (χ1n) is 6.73. The Hall–Kier alpha value is -1.32. The van der Waals surface area contributed by atoms with Gasteiger partial charge in [0.15, 0.2) is 0 Å². The highest BCUT2D eigenvalue weighted by molar-refractivity contribution is 5.34. The van der Waals surface area contributed by atoms with E-state index in [1.54, 1.807) is 6.07 Å². The number of hydrogen-bond donors (Lipinski definition) is 2. The molecule has 2 N–H and O–H groups in total. The van der Waals surface area contributed by atoms with Gasteiger partial charge in [-0.2, -0.15) is 0 Å². The Morgan fingerprint density at radius 1 is 1.50 bits per heavy atom. The summed E-state index contributed by atoms with van der Waals surface area (Å²) < 4.78 is 0. The van der Waals surface area contributed by atoms with Crippen molar-refractivity contribution in [2.75, 3.05) is 11.9 Å². The van der Waals surface area contributed by atoms with E-state index in [4.69, 9.17) is 0 Å². The van der Waals surface area contributed by atoms with Gasteiger partial charge >= 0.3 is 0 Å². The first-order valence-corrected chi connectivity index (χ1v) is 6.73. The van der Waals surface area contributed by atoms with Crippen molar-refractivity contribution in [3.8, 4) is 0 Å². The van der Waals surface area contributed by atoms with Gasteiger partial charge in [0, 0.05) is 18.5 Å². The molecule has 0 aromatic carbocycles. The first-order chi connectivity index (χ1) is 8.38. The van der Waals surface area contributed by atoms with Gasteiger partial charge in [-0.25, -0.2) is 4.98 Å². The lowest BCUT2D eigenvalue weighted by Gasteiger charge is -2.29. The Kier molecular flexibility index (Phi) is 3.46. The van der Waals surface area contributed by atoms with Gasteiger partial charge in [-0.15, -0.1) is 0 Å². The summed E-state index contributed by atoms with van der Waals surface area (Å²) in [7, 11) is 0. The average Bonchev–Trinajstić information content (AvgIpc) is 3.09. The summed E-state index contributed by atoms with van der Waals surface area (Å²) in [5.74, 6) is 2.59. The van der Waals surface area contributed by atoms with Crippen LogP contribution in [0.2, 0.25) is 0 Å². The molecule has 0 spiro atoms. The first kappa shape index (κ1) is 13.1. The highest BCUT2D eigenvalue weighted by Gasteiger charge is 2.27. The maximum atomic E-state index is 11.6. The second kappa shape index (κ2) is 4.75. The van der Waals surface area contributed by atoms with Gasteiger partial charge in [-0.1, -0.05) is 27.7 Å². The molecular weight excluding hydrogens is 226 g/mol. The molecular formula is C14H23N3O. The zero-order valence-electron chi connectivity index (χ0n) is 11.7. The van der Waals surface area contributed by atoms with E-state index in [1.807, 2.05) is 0 Å². The molecule has 1 heterocycles. The molecule has 0 saturated heterocycles. The van der Waals surface area contributed by atoms with Crippen LogP contribution in [0.4, 0.5) is 5.82 Å². The highest BCUT2D eigenvalue weighted by Crippen LogP contribution is 2.37. The minimum atomic E-state index is -0.0586. The van der Waals surface area contributed by atoms with Gasteiger partial charge < -0.3 is 10.3 Å². The molecule has 1 aliphatic rings. The Bertz CT molecular complexity index is 472. The third-order valence-electron chi connectivity index (χ3n) is 4.01. The van der Waals surface area contributed by atoms with Crippen molar-refractivity contribution in [2.45, 2.75) is 46.5 Å². The van der Waals surface area contributed by atoms with E-state index in [1.165, 1.54) is 0 Å². The van der Waals surface area contributed by atoms with Crippen molar-refractivity contribution < 1.29 is 0 Å². The molecule has 0 unspecified atom stereocenters. The number of anilines is 1. The molecule has 1 aliphatic carbocycles. The summed E-state index contributed by atoms with van der Waals surface area (Å²) in [6, 6.07) is 1.54. The fourth-order valence-electron chi connectivity index (χ4n) is 1.64. The lowest BCUT2D eigenvalue weighted by atomic mass is 9.81. The fraction of sp³-hybridized carbons (Fsp3) is 0.714. The number of nitrogens with zero attached hydrogens (tertiary/aromatic N) is 1. The second-order valence-electron chi connectivity index (χ2n) is 6.29. The molecule has 0 amide bonds. The van der Waals surface area contributed by atoms with Crippen LogP contribution in [-0.4, -0.2) is 16.5 Å². The molecule has 1 saturated carbocycles. The van der Waals surface area contributed by atoms with Gasteiger partial charge in [-0.05, 0) is 24.2 Å². The predicted molar refractivity (Wildman–Crippen MR) is 73.9 cm³/mol. The number of rotatable bonds is 5. The standard InChI is InChI=1S/C14H23N3O/c1-9(2)14(3,4)8-15-11-7-12(18)17-13(16-11)10-5-6-10/h7,9-10H,5-6,8H2,1-4H3,(H2,15,16,17,18). The van der Waals surface area contributed by atoms with E-state index >= 15 is 0 Å². The summed E-state index contributed by atoms with van der Waals surface area (Å²) in [4.78, 5) is 18.9. The van der Waals surface area contributed by atoms with Crippen LogP contribution < -0.4 is 10.9 Å². The van der Waals surface area contributed by atoms with Crippen molar-refractivity contribution in [1.82, 2.24) is 9.97 Å². The SMILES string of the molecule is CC(C)C(C)(C)CNc1cc(=O)[nH]c(C2CC2)n1. The molecule has 0 bridgehead atoms. The topological polar surface area (TPSA) is 57.8 Å². The van der Waals surface area contributed by atoms with Gasteiger partial charge in [-0.3, -0.25) is 4.79 Å². The van der Waals surface area contributed by atoms with Gasteiger partial charge in [0.25, 0.3) is 5.56 Å². The summed E-state index contributed by atoms with van der Waals surface area (Å²) in [5.41, 5.74) is 0.126. The Balaban J connectivity index is 2.07. The van der Waals surface area contributed by atoms with Crippen molar-refractivity contribution >= 4 is 5.82 Å². The van der Waals surface area contributed by atoms with E-state index in [-0.39, 0.29) is 11.0 Å². The van der Waals surface area contributed by atoms with E-state index in [0.29, 0.717) is 17.7 Å². The van der Waals surface area contributed by atoms with Crippen molar-refractivity contribution in [1.29, 1.82) is 0 Å². The van der Waals surface area contributed by atoms with Crippen LogP contribution in [0, 0.1) is 11.3 Å². The largest absolute Gasteiger partial charge is 0.369 e. The third kappa shape index (κ3) is 3.12. The normalized spacial score (nSPS) is 16.1. The maximum Gasteiger partial charge on any atom is 0.252 e. The Morgan fingerprint density at radius 2 is 2.17 bits per heavy atom. The zero-order valence-corrected chi connectivity index (χ0v) is 11.7. The van der Waals surface area contributed by atoms with E-state index in [9.17, 15) is 4.79 Å². The third-order valence-corrected chi connectivity index (χ3v) is 4.01. The van der Waals surface area contributed by atoms with Gasteiger partial charge in [0.1, 0.15) is 11.6 Å². The Labute approximate surface area is 108 Å². The molecule has 100 valence electrons. The van der Waals surface area contributed by atoms with E-state index in [2.05, 4.69) is 43.0 Å². The quantitative estimate of drug-likeness (QED) is 0.843. The van der Waals surface area contributed by atoms with Crippen LogP contribution in [0.1, 0.15) is 52.3 Å². The zero-order chi connectivity index (χ0) is 13.3. The van der Waals surface area contributed by atoms with Crippen LogP contribution in [0.5, 0.6) is 0 Å². The number of H-pyrrole nitrogens is 1. The molecule has 1 aromatic heterocycles. The summed E-state index contributed by atoms with van der Waals surface area (Å²) >= 11 is 0. The molecule has 2 rings (SSSR count). The van der Waals surface area contributed by atoms with Crippen molar-refractivity contribution in [2.24, 2.45) is 11.3 Å². The van der Waals surface area contributed by atoms with Gasteiger partial charge in [0.2, 0.25) is 0 Å². The Morgan fingerprint density at radius 3 is 2.72 bits per heavy atom. The molecule has 0 aliphatic heterocycles. The van der Waals surface area contributed by atoms with Crippen LogP contribution in [0.15, 0.2) is 10.9 Å². The monoisotopic (exact) mass is 249 g/mol. The summed E-state index contributed by atoms with van der Waals surface area (Å²) in [6.45, 7) is 9.69. The molecule has 18 heavy (non-hydrogen) atoms. The molecule has 1 aromatic rings. The lowest BCUT2D eigenvalue weighted by Crippen LogP contribution is -2.29. The maximum absolute atomic E-state index is 11.6. The van der Waals surface area contributed by atoms with Crippen LogP contribution in [-0.2, 0) is 0 Å². The van der Waals surface area contributed by atoms with Gasteiger partial charge in [0.05, 0.1) is 0 Å². The molecule has 1 fully saturated rings. The average molecular weight is 249 g/mol. The smallest absolute Gasteiger partial charge is 0.252 e. The highest BCUT2D eigenvalue weighted by atomic mass is 16.1. The van der Waals surface area contributed by atoms with Crippen LogP contribution in [0.3, 0.4) is 0 Å². The van der Waals surface area contributed by atoms with Crippen molar-refractivity contribution in [3.63, 3.8) is 0 Å². The number of aromatic amines is 1. The number of nitrogens with one attached hydrogen (secondary N) is 2. The van der Waals surface area contributed by atoms with Crippen molar-refractivity contribution in [3.05, 3.63) is 22.2 Å². The molecule has 4 nitrogen and oxygen atoms in total. The summed E-state index contributed by atoms with van der Waals surface area (Å²) in [6.07, 6.45) is 2.29. The fourth-order valence-corrected chi connectivity index (χ4v) is 1.64. The minimum absolute atomic E-state index is 0.0586. The lowest BCUT2D eigenvalue weighted by molar-refractivity contribution is 0.269. The predicted octanol–water partition coefficient (Wildman–Crippen LogP) is 2.74.